The SMILES string of the molecule is CN(C(=O)C1CC2CCCCC2N1)C1CCCCC1O. The fraction of sp³-hybridized carbons (Fsp3) is 0.938. The maximum Gasteiger partial charge on any atom is 0.239 e. The number of carbonyl (C=O) groups is 1. The number of rotatable bonds is 2. The van der Waals surface area contributed by atoms with Crippen LogP contribution in [0.25, 0.3) is 0 Å². The molecule has 4 nitrogen and oxygen atoms in total. The van der Waals surface area contributed by atoms with Gasteiger partial charge in [-0.1, -0.05) is 25.7 Å². The zero-order valence-corrected chi connectivity index (χ0v) is 12.6. The second kappa shape index (κ2) is 6.02. The minimum absolute atomic E-state index is 0.0118. The second-order valence-electron chi connectivity index (χ2n) is 6.97. The summed E-state index contributed by atoms with van der Waals surface area (Å²) in [6, 6.07) is 0.574. The molecule has 1 aliphatic heterocycles. The van der Waals surface area contributed by atoms with Crippen molar-refractivity contribution in [3.8, 4) is 0 Å². The molecule has 5 atom stereocenters. The zero-order valence-electron chi connectivity index (χ0n) is 12.6. The number of nitrogens with zero attached hydrogens (tertiary/aromatic N) is 1. The molecule has 2 saturated carbocycles. The van der Waals surface area contributed by atoms with Crippen molar-refractivity contribution in [1.29, 1.82) is 0 Å². The summed E-state index contributed by atoms with van der Waals surface area (Å²) in [4.78, 5) is 14.5. The quantitative estimate of drug-likeness (QED) is 0.809. The first-order valence-electron chi connectivity index (χ1n) is 8.37. The first-order valence-corrected chi connectivity index (χ1v) is 8.37. The van der Waals surface area contributed by atoms with Crippen molar-refractivity contribution in [2.75, 3.05) is 7.05 Å². The average molecular weight is 280 g/mol. The zero-order chi connectivity index (χ0) is 14.1. The van der Waals surface area contributed by atoms with Gasteiger partial charge in [0.1, 0.15) is 0 Å². The Labute approximate surface area is 121 Å². The van der Waals surface area contributed by atoms with Crippen molar-refractivity contribution >= 4 is 5.91 Å². The molecule has 3 fully saturated rings. The molecule has 0 spiro atoms. The Morgan fingerprint density at radius 3 is 2.55 bits per heavy atom. The molecule has 0 aromatic carbocycles. The molecule has 0 aromatic heterocycles. The lowest BCUT2D eigenvalue weighted by molar-refractivity contribution is -0.137. The van der Waals surface area contributed by atoms with E-state index in [0.717, 1.165) is 32.1 Å². The van der Waals surface area contributed by atoms with Crippen LogP contribution >= 0.6 is 0 Å². The van der Waals surface area contributed by atoms with Crippen LogP contribution in [0.5, 0.6) is 0 Å². The largest absolute Gasteiger partial charge is 0.391 e. The van der Waals surface area contributed by atoms with Crippen LogP contribution < -0.4 is 5.32 Å². The number of carbonyl (C=O) groups excluding carboxylic acids is 1. The number of hydrogen-bond donors (Lipinski definition) is 2. The van der Waals surface area contributed by atoms with Gasteiger partial charge in [0.05, 0.1) is 18.2 Å². The van der Waals surface area contributed by atoms with Crippen LogP contribution in [-0.4, -0.2) is 47.2 Å². The fourth-order valence-electron chi connectivity index (χ4n) is 4.46. The summed E-state index contributed by atoms with van der Waals surface area (Å²) in [6.45, 7) is 0. The van der Waals surface area contributed by atoms with E-state index in [9.17, 15) is 9.90 Å². The summed E-state index contributed by atoms with van der Waals surface area (Å²) in [5.74, 6) is 0.896. The molecule has 0 aromatic rings. The van der Waals surface area contributed by atoms with E-state index < -0.39 is 0 Å². The molecule has 4 heteroatoms. The van der Waals surface area contributed by atoms with E-state index in [-0.39, 0.29) is 24.1 Å². The van der Waals surface area contributed by atoms with Gasteiger partial charge in [0.2, 0.25) is 5.91 Å². The maximum atomic E-state index is 12.7. The van der Waals surface area contributed by atoms with Crippen LogP contribution in [0.4, 0.5) is 0 Å². The van der Waals surface area contributed by atoms with Crippen molar-refractivity contribution in [1.82, 2.24) is 10.2 Å². The number of amides is 1. The minimum Gasteiger partial charge on any atom is -0.391 e. The minimum atomic E-state index is -0.332. The molecule has 0 radical (unpaired) electrons. The topological polar surface area (TPSA) is 52.6 Å². The summed E-state index contributed by atoms with van der Waals surface area (Å²) in [5.41, 5.74) is 0. The predicted molar refractivity (Wildman–Crippen MR) is 78.3 cm³/mol. The van der Waals surface area contributed by atoms with Crippen molar-refractivity contribution in [3.63, 3.8) is 0 Å². The molecule has 3 aliphatic rings. The maximum absolute atomic E-state index is 12.7. The summed E-state index contributed by atoms with van der Waals surface area (Å²) >= 11 is 0. The molecule has 2 aliphatic carbocycles. The lowest BCUT2D eigenvalue weighted by Crippen LogP contribution is -2.52. The van der Waals surface area contributed by atoms with Gasteiger partial charge in [-0.15, -0.1) is 0 Å². The molecule has 1 saturated heterocycles. The van der Waals surface area contributed by atoms with Crippen LogP contribution in [0.3, 0.4) is 0 Å². The Morgan fingerprint density at radius 2 is 1.80 bits per heavy atom. The second-order valence-corrected chi connectivity index (χ2v) is 6.97. The normalized spacial score (nSPS) is 41.2. The molecule has 20 heavy (non-hydrogen) atoms. The molecule has 0 bridgehead atoms. The Morgan fingerprint density at radius 1 is 1.10 bits per heavy atom. The Balaban J connectivity index is 1.60. The first-order chi connectivity index (χ1) is 9.66. The van der Waals surface area contributed by atoms with E-state index in [1.165, 1.54) is 25.7 Å². The highest BCUT2D eigenvalue weighted by atomic mass is 16.3. The molecule has 114 valence electrons. The molecular formula is C16H28N2O2. The number of aliphatic hydroxyl groups is 1. The van der Waals surface area contributed by atoms with E-state index in [1.807, 2.05) is 11.9 Å². The molecular weight excluding hydrogens is 252 g/mol. The highest BCUT2D eigenvalue weighted by molar-refractivity contribution is 5.82. The van der Waals surface area contributed by atoms with Crippen molar-refractivity contribution in [2.45, 2.75) is 82.0 Å². The molecule has 1 heterocycles. The number of hydrogen-bond acceptors (Lipinski definition) is 3. The van der Waals surface area contributed by atoms with Crippen LogP contribution in [0.15, 0.2) is 0 Å². The Bertz CT molecular complexity index is 346. The molecule has 1 amide bonds. The Hall–Kier alpha value is -0.610. The lowest BCUT2D eigenvalue weighted by Gasteiger charge is -2.36. The lowest BCUT2D eigenvalue weighted by atomic mass is 9.85. The van der Waals surface area contributed by atoms with Crippen LogP contribution in [0, 0.1) is 5.92 Å². The number of aliphatic hydroxyl groups excluding tert-OH is 1. The van der Waals surface area contributed by atoms with Gasteiger partial charge >= 0.3 is 0 Å². The third-order valence-electron chi connectivity index (χ3n) is 5.70. The van der Waals surface area contributed by atoms with E-state index in [4.69, 9.17) is 0 Å². The van der Waals surface area contributed by atoms with E-state index in [1.54, 1.807) is 0 Å². The summed E-state index contributed by atoms with van der Waals surface area (Å²) in [7, 11) is 1.88. The van der Waals surface area contributed by atoms with E-state index >= 15 is 0 Å². The molecule has 3 rings (SSSR count). The number of likely N-dealkylation sites (N-methyl/N-ethyl adjacent to an activating group) is 1. The van der Waals surface area contributed by atoms with Gasteiger partial charge < -0.3 is 15.3 Å². The van der Waals surface area contributed by atoms with Gasteiger partial charge in [-0.2, -0.15) is 0 Å². The van der Waals surface area contributed by atoms with Gasteiger partial charge in [-0.25, -0.2) is 0 Å². The summed E-state index contributed by atoms with van der Waals surface area (Å²) in [6.07, 6.45) is 9.79. The highest BCUT2D eigenvalue weighted by Gasteiger charge is 2.41. The van der Waals surface area contributed by atoms with Crippen LogP contribution in [0.1, 0.15) is 57.8 Å². The molecule has 5 unspecified atom stereocenters. The van der Waals surface area contributed by atoms with Gasteiger partial charge in [0, 0.05) is 13.1 Å². The van der Waals surface area contributed by atoms with Crippen LogP contribution in [-0.2, 0) is 4.79 Å². The van der Waals surface area contributed by atoms with Gasteiger partial charge in [-0.3, -0.25) is 4.79 Å². The monoisotopic (exact) mass is 280 g/mol. The first kappa shape index (κ1) is 14.3. The van der Waals surface area contributed by atoms with Crippen LogP contribution in [0.2, 0.25) is 0 Å². The third-order valence-corrected chi connectivity index (χ3v) is 5.70. The van der Waals surface area contributed by atoms with E-state index in [0.29, 0.717) is 12.0 Å². The van der Waals surface area contributed by atoms with E-state index in [2.05, 4.69) is 5.32 Å². The van der Waals surface area contributed by atoms with Gasteiger partial charge in [-0.05, 0) is 38.0 Å². The number of nitrogens with one attached hydrogen (secondary N) is 1. The third kappa shape index (κ3) is 2.73. The predicted octanol–water partition coefficient (Wildman–Crippen LogP) is 1.67. The summed E-state index contributed by atoms with van der Waals surface area (Å²) < 4.78 is 0. The van der Waals surface area contributed by atoms with Gasteiger partial charge in [0.25, 0.3) is 0 Å². The average Bonchev–Trinajstić information content (AvgIpc) is 2.90. The standard InChI is InChI=1S/C16H28N2O2/c1-18(14-8-4-5-9-15(14)19)16(20)13-10-11-6-2-3-7-12(11)17-13/h11-15,17,19H,2-10H2,1H3. The fourth-order valence-corrected chi connectivity index (χ4v) is 4.46. The van der Waals surface area contributed by atoms with Crippen molar-refractivity contribution < 1.29 is 9.90 Å². The van der Waals surface area contributed by atoms with Gasteiger partial charge in [0.15, 0.2) is 0 Å². The van der Waals surface area contributed by atoms with Crippen molar-refractivity contribution in [3.05, 3.63) is 0 Å². The highest BCUT2D eigenvalue weighted by Crippen LogP contribution is 2.34. The molecule has 2 N–H and O–H groups in total. The smallest absolute Gasteiger partial charge is 0.239 e. The Kier molecular flexibility index (Phi) is 4.32. The summed E-state index contributed by atoms with van der Waals surface area (Å²) in [5, 5.41) is 13.7. The van der Waals surface area contributed by atoms with Crippen molar-refractivity contribution in [2.24, 2.45) is 5.92 Å². The number of fused-ring (bicyclic) bond motifs is 1.